The van der Waals surface area contributed by atoms with Gasteiger partial charge in [-0.05, 0) is 26.0 Å². The molecule has 2 aromatic rings. The Hall–Kier alpha value is -1.57. The molecule has 2 rings (SSSR count). The molecule has 0 aliphatic rings. The Balaban J connectivity index is 2.86. The van der Waals surface area contributed by atoms with Crippen molar-refractivity contribution in [3.63, 3.8) is 0 Å². The number of nitrogens with zero attached hydrogens (tertiary/aromatic N) is 1. The molecule has 0 amide bonds. The Labute approximate surface area is 83.5 Å². The smallest absolute Gasteiger partial charge is 0.126 e. The molecule has 0 radical (unpaired) electrons. The molecular formula is C12H13NO. The van der Waals surface area contributed by atoms with Gasteiger partial charge in [0.05, 0.1) is 7.11 Å². The lowest BCUT2D eigenvalue weighted by Gasteiger charge is -2.07. The number of fused-ring (bicyclic) bond motifs is 1. The first-order valence-electron chi connectivity index (χ1n) is 4.63. The number of ether oxygens (including phenoxy) is 1. The normalized spacial score (nSPS) is 10.5. The van der Waals surface area contributed by atoms with Gasteiger partial charge in [-0.15, -0.1) is 0 Å². The maximum atomic E-state index is 5.31. The lowest BCUT2D eigenvalue weighted by atomic mass is 10.1. The summed E-state index contributed by atoms with van der Waals surface area (Å²) in [7, 11) is 1.69. The van der Waals surface area contributed by atoms with E-state index in [1.165, 1.54) is 0 Å². The number of hydrogen-bond donors (Lipinski definition) is 0. The van der Waals surface area contributed by atoms with Crippen LogP contribution in [0.2, 0.25) is 0 Å². The number of methoxy groups -OCH3 is 1. The van der Waals surface area contributed by atoms with E-state index in [0.29, 0.717) is 0 Å². The number of rotatable bonds is 1. The van der Waals surface area contributed by atoms with Crippen molar-refractivity contribution in [1.29, 1.82) is 0 Å². The van der Waals surface area contributed by atoms with E-state index in [2.05, 4.69) is 17.1 Å². The first-order chi connectivity index (χ1) is 6.72. The summed E-state index contributed by atoms with van der Waals surface area (Å²) in [6.45, 7) is 4.02. The lowest BCUT2D eigenvalue weighted by molar-refractivity contribution is 0.420. The van der Waals surface area contributed by atoms with E-state index in [9.17, 15) is 0 Å². The van der Waals surface area contributed by atoms with Gasteiger partial charge in [0.2, 0.25) is 0 Å². The summed E-state index contributed by atoms with van der Waals surface area (Å²) in [5, 5.41) is 2.30. The molecule has 0 saturated carbocycles. The highest BCUT2D eigenvalue weighted by Gasteiger charge is 2.04. The van der Waals surface area contributed by atoms with Crippen molar-refractivity contribution < 1.29 is 4.74 Å². The van der Waals surface area contributed by atoms with Crippen LogP contribution in [0.4, 0.5) is 0 Å². The third-order valence-electron chi connectivity index (χ3n) is 2.37. The molecule has 0 N–H and O–H groups in total. The van der Waals surface area contributed by atoms with Gasteiger partial charge in [0.15, 0.2) is 0 Å². The van der Waals surface area contributed by atoms with E-state index in [1.807, 2.05) is 26.0 Å². The molecular weight excluding hydrogens is 174 g/mol. The van der Waals surface area contributed by atoms with Crippen molar-refractivity contribution in [3.05, 3.63) is 35.7 Å². The van der Waals surface area contributed by atoms with E-state index < -0.39 is 0 Å². The lowest BCUT2D eigenvalue weighted by Crippen LogP contribution is -1.91. The Kier molecular flexibility index (Phi) is 2.12. The number of aromatic nitrogens is 1. The summed E-state index contributed by atoms with van der Waals surface area (Å²) in [5.74, 6) is 0.913. The van der Waals surface area contributed by atoms with Crippen molar-refractivity contribution in [2.75, 3.05) is 7.11 Å². The van der Waals surface area contributed by atoms with Gasteiger partial charge in [0.25, 0.3) is 0 Å². The zero-order valence-corrected chi connectivity index (χ0v) is 8.66. The SMILES string of the molecule is COc1cccc2c(C)nc(C)cc12. The highest BCUT2D eigenvalue weighted by atomic mass is 16.5. The molecule has 72 valence electrons. The van der Waals surface area contributed by atoms with Gasteiger partial charge in [-0.1, -0.05) is 12.1 Å². The van der Waals surface area contributed by atoms with Crippen molar-refractivity contribution in [2.45, 2.75) is 13.8 Å². The molecule has 0 saturated heterocycles. The molecule has 0 atom stereocenters. The molecule has 2 nitrogen and oxygen atoms in total. The third-order valence-corrected chi connectivity index (χ3v) is 2.37. The molecule has 1 heterocycles. The highest BCUT2D eigenvalue weighted by molar-refractivity contribution is 5.90. The van der Waals surface area contributed by atoms with Crippen LogP contribution in [0.25, 0.3) is 10.8 Å². The second kappa shape index (κ2) is 3.29. The monoisotopic (exact) mass is 187 g/mol. The van der Waals surface area contributed by atoms with Crippen LogP contribution in [0, 0.1) is 13.8 Å². The minimum atomic E-state index is 0.913. The topological polar surface area (TPSA) is 22.1 Å². The summed E-state index contributed by atoms with van der Waals surface area (Å²) in [6.07, 6.45) is 0. The average Bonchev–Trinajstić information content (AvgIpc) is 2.17. The second-order valence-corrected chi connectivity index (χ2v) is 3.40. The van der Waals surface area contributed by atoms with Crippen LogP contribution in [-0.2, 0) is 0 Å². The maximum Gasteiger partial charge on any atom is 0.126 e. The number of pyridine rings is 1. The molecule has 0 spiro atoms. The van der Waals surface area contributed by atoms with Crippen molar-refractivity contribution in [1.82, 2.24) is 4.98 Å². The van der Waals surface area contributed by atoms with Gasteiger partial charge in [-0.25, -0.2) is 0 Å². The van der Waals surface area contributed by atoms with Gasteiger partial charge in [-0.2, -0.15) is 0 Å². The Bertz CT molecular complexity index is 477. The van der Waals surface area contributed by atoms with Crippen LogP contribution >= 0.6 is 0 Å². The van der Waals surface area contributed by atoms with Gasteiger partial charge >= 0.3 is 0 Å². The zero-order chi connectivity index (χ0) is 10.1. The standard InChI is InChI=1S/C12H13NO/c1-8-7-11-10(9(2)13-8)5-4-6-12(11)14-3/h4-7H,1-3H3. The molecule has 0 unspecified atom stereocenters. The summed E-state index contributed by atoms with van der Waals surface area (Å²) in [5.41, 5.74) is 2.08. The van der Waals surface area contributed by atoms with Crippen molar-refractivity contribution in [3.8, 4) is 5.75 Å². The predicted octanol–water partition coefficient (Wildman–Crippen LogP) is 2.86. The van der Waals surface area contributed by atoms with Gasteiger partial charge in [0, 0.05) is 22.2 Å². The predicted molar refractivity (Wildman–Crippen MR) is 57.8 cm³/mol. The third kappa shape index (κ3) is 1.33. The minimum Gasteiger partial charge on any atom is -0.496 e. The van der Waals surface area contributed by atoms with Crippen LogP contribution in [0.5, 0.6) is 5.75 Å². The Morgan fingerprint density at radius 2 is 1.93 bits per heavy atom. The van der Waals surface area contributed by atoms with Gasteiger partial charge < -0.3 is 4.74 Å². The maximum absolute atomic E-state index is 5.31. The molecule has 0 aliphatic heterocycles. The summed E-state index contributed by atoms with van der Waals surface area (Å²) in [4.78, 5) is 4.42. The van der Waals surface area contributed by atoms with Gasteiger partial charge in [0.1, 0.15) is 5.75 Å². The molecule has 0 aliphatic carbocycles. The fourth-order valence-corrected chi connectivity index (χ4v) is 1.75. The van der Waals surface area contributed by atoms with E-state index in [1.54, 1.807) is 7.11 Å². The van der Waals surface area contributed by atoms with E-state index in [4.69, 9.17) is 4.74 Å². The summed E-state index contributed by atoms with van der Waals surface area (Å²) in [6, 6.07) is 8.09. The van der Waals surface area contributed by atoms with E-state index in [-0.39, 0.29) is 0 Å². The van der Waals surface area contributed by atoms with Crippen LogP contribution in [0.15, 0.2) is 24.3 Å². The highest BCUT2D eigenvalue weighted by Crippen LogP contribution is 2.27. The van der Waals surface area contributed by atoms with Crippen LogP contribution < -0.4 is 4.74 Å². The quantitative estimate of drug-likeness (QED) is 0.684. The Morgan fingerprint density at radius 1 is 1.14 bits per heavy atom. The fourth-order valence-electron chi connectivity index (χ4n) is 1.75. The first-order valence-corrected chi connectivity index (χ1v) is 4.63. The number of benzene rings is 1. The van der Waals surface area contributed by atoms with Crippen LogP contribution in [0.3, 0.4) is 0 Å². The van der Waals surface area contributed by atoms with Crippen molar-refractivity contribution in [2.24, 2.45) is 0 Å². The summed E-state index contributed by atoms with van der Waals surface area (Å²) >= 11 is 0. The minimum absolute atomic E-state index is 0.913. The Morgan fingerprint density at radius 3 is 2.64 bits per heavy atom. The molecule has 0 bridgehead atoms. The molecule has 1 aromatic carbocycles. The largest absolute Gasteiger partial charge is 0.496 e. The van der Waals surface area contributed by atoms with Crippen molar-refractivity contribution >= 4 is 10.8 Å². The molecule has 0 fully saturated rings. The van der Waals surface area contributed by atoms with E-state index in [0.717, 1.165) is 27.9 Å². The fraction of sp³-hybridized carbons (Fsp3) is 0.250. The number of hydrogen-bond acceptors (Lipinski definition) is 2. The first kappa shape index (κ1) is 9.00. The van der Waals surface area contributed by atoms with Gasteiger partial charge in [-0.3, -0.25) is 4.98 Å². The molecule has 14 heavy (non-hydrogen) atoms. The van der Waals surface area contributed by atoms with Crippen LogP contribution in [0.1, 0.15) is 11.4 Å². The zero-order valence-electron chi connectivity index (χ0n) is 8.66. The number of aryl methyl sites for hydroxylation is 2. The molecule has 1 aromatic heterocycles. The molecule has 2 heteroatoms. The summed E-state index contributed by atoms with van der Waals surface area (Å²) < 4.78 is 5.31. The van der Waals surface area contributed by atoms with E-state index >= 15 is 0 Å². The average molecular weight is 187 g/mol. The second-order valence-electron chi connectivity index (χ2n) is 3.40. The van der Waals surface area contributed by atoms with Crippen LogP contribution in [-0.4, -0.2) is 12.1 Å².